The normalized spacial score (nSPS) is 12.6. The molecule has 0 radical (unpaired) electrons. The molecule has 36 heavy (non-hydrogen) atoms. The van der Waals surface area contributed by atoms with E-state index in [2.05, 4.69) is 15.5 Å². The van der Waals surface area contributed by atoms with Crippen molar-refractivity contribution in [2.45, 2.75) is 26.5 Å². The topological polar surface area (TPSA) is 136 Å². The van der Waals surface area contributed by atoms with E-state index >= 15 is 0 Å². The van der Waals surface area contributed by atoms with Crippen molar-refractivity contribution in [2.24, 2.45) is 19.2 Å². The average molecular weight is 493 g/mol. The van der Waals surface area contributed by atoms with Gasteiger partial charge in [-0.2, -0.15) is 10.1 Å². The van der Waals surface area contributed by atoms with Crippen molar-refractivity contribution >= 4 is 22.8 Å². The van der Waals surface area contributed by atoms with Gasteiger partial charge in [-0.15, -0.1) is 0 Å². The number of aliphatic hydroxyl groups is 1. The lowest BCUT2D eigenvalue weighted by Gasteiger charge is -2.16. The second-order valence-corrected chi connectivity index (χ2v) is 8.51. The molecule has 3 N–H and O–H groups in total. The van der Waals surface area contributed by atoms with Crippen LogP contribution >= 0.6 is 0 Å². The van der Waals surface area contributed by atoms with E-state index in [0.717, 1.165) is 15.7 Å². The molecule has 0 saturated heterocycles. The first-order valence-electron chi connectivity index (χ1n) is 11.3. The standard InChI is InChI=1S/C25H28N6O5/c1-15-7-5-6-8-20(15)36-14-19(33)13-31-21-22(29(3)25(35)30(4)23(21)34)26-24(31)28-27-16(2)17-9-11-18(32)12-10-17/h5-12,19,32-33H,13-14H2,1-4H3,(H,26,28)/b27-16-/t19-/m1/s1. The third kappa shape index (κ3) is 4.86. The molecular weight excluding hydrogens is 464 g/mol. The molecule has 0 amide bonds. The van der Waals surface area contributed by atoms with Gasteiger partial charge in [0.25, 0.3) is 5.56 Å². The van der Waals surface area contributed by atoms with E-state index in [9.17, 15) is 19.8 Å². The third-order valence-electron chi connectivity index (χ3n) is 5.87. The molecule has 11 heteroatoms. The number of rotatable bonds is 8. The number of ether oxygens (including phenoxy) is 1. The summed E-state index contributed by atoms with van der Waals surface area (Å²) in [5.74, 6) is 0.967. The van der Waals surface area contributed by atoms with E-state index in [-0.39, 0.29) is 36.0 Å². The first-order valence-corrected chi connectivity index (χ1v) is 11.3. The molecule has 1 atom stereocenters. The fraction of sp³-hybridized carbons (Fsp3) is 0.280. The van der Waals surface area contributed by atoms with Crippen LogP contribution in [-0.4, -0.2) is 47.3 Å². The number of phenolic OH excluding ortho intramolecular Hbond substituents is 1. The molecule has 0 unspecified atom stereocenters. The number of hydrazone groups is 1. The highest BCUT2D eigenvalue weighted by Gasteiger charge is 2.21. The molecular formula is C25H28N6O5. The van der Waals surface area contributed by atoms with E-state index in [1.807, 2.05) is 31.2 Å². The Kier molecular flexibility index (Phi) is 6.93. The zero-order valence-corrected chi connectivity index (χ0v) is 20.5. The van der Waals surface area contributed by atoms with E-state index in [1.165, 1.54) is 23.2 Å². The van der Waals surface area contributed by atoms with Crippen LogP contribution in [0.4, 0.5) is 5.95 Å². The molecule has 0 aliphatic heterocycles. The lowest BCUT2D eigenvalue weighted by molar-refractivity contribution is 0.0935. The van der Waals surface area contributed by atoms with Gasteiger partial charge in [0.1, 0.15) is 24.2 Å². The van der Waals surface area contributed by atoms with Crippen LogP contribution in [0, 0.1) is 6.92 Å². The minimum Gasteiger partial charge on any atom is -0.508 e. The minimum absolute atomic E-state index is 0.0220. The number of imidazole rings is 1. The van der Waals surface area contributed by atoms with Crippen LogP contribution in [0.1, 0.15) is 18.1 Å². The number of aromatic hydroxyl groups is 1. The van der Waals surface area contributed by atoms with Crippen molar-refractivity contribution in [3.05, 3.63) is 80.5 Å². The Morgan fingerprint density at radius 3 is 2.50 bits per heavy atom. The number of para-hydroxylation sites is 1. The van der Waals surface area contributed by atoms with Crippen molar-refractivity contribution in [3.63, 3.8) is 0 Å². The quantitative estimate of drug-likeness (QED) is 0.252. The highest BCUT2D eigenvalue weighted by Crippen LogP contribution is 2.19. The van der Waals surface area contributed by atoms with Crippen LogP contribution in [0.15, 0.2) is 63.2 Å². The maximum Gasteiger partial charge on any atom is 0.332 e. The predicted molar refractivity (Wildman–Crippen MR) is 137 cm³/mol. The molecule has 0 aliphatic carbocycles. The van der Waals surface area contributed by atoms with Crippen molar-refractivity contribution in [1.82, 2.24) is 18.7 Å². The fourth-order valence-corrected chi connectivity index (χ4v) is 3.78. The SMILES string of the molecule is C/C(=N/Nc1nc2c(c(=O)n(C)c(=O)n2C)n1C[C@@H](O)COc1ccccc1C)c1ccc(O)cc1. The smallest absolute Gasteiger partial charge is 0.332 e. The fourth-order valence-electron chi connectivity index (χ4n) is 3.78. The zero-order chi connectivity index (χ0) is 26.0. The average Bonchev–Trinajstić information content (AvgIpc) is 3.22. The number of benzene rings is 2. The number of fused-ring (bicyclic) bond motifs is 1. The molecule has 0 spiro atoms. The first kappa shape index (κ1) is 24.7. The molecule has 11 nitrogen and oxygen atoms in total. The molecule has 0 aliphatic rings. The number of nitrogens with one attached hydrogen (secondary N) is 1. The largest absolute Gasteiger partial charge is 0.508 e. The van der Waals surface area contributed by atoms with Gasteiger partial charge in [-0.05, 0) is 55.3 Å². The van der Waals surface area contributed by atoms with Crippen molar-refractivity contribution < 1.29 is 14.9 Å². The Bertz CT molecular complexity index is 1550. The zero-order valence-electron chi connectivity index (χ0n) is 20.5. The molecule has 2 aromatic heterocycles. The number of aryl methyl sites for hydroxylation is 2. The summed E-state index contributed by atoms with van der Waals surface area (Å²) < 4.78 is 9.53. The van der Waals surface area contributed by atoms with Crippen molar-refractivity contribution in [1.29, 1.82) is 0 Å². The maximum absolute atomic E-state index is 13.0. The summed E-state index contributed by atoms with van der Waals surface area (Å²) in [7, 11) is 2.91. The van der Waals surface area contributed by atoms with Gasteiger partial charge in [0.15, 0.2) is 11.2 Å². The summed E-state index contributed by atoms with van der Waals surface area (Å²) in [6, 6.07) is 14.0. The summed E-state index contributed by atoms with van der Waals surface area (Å²) in [5.41, 5.74) is 4.40. The number of nitrogens with zero attached hydrogens (tertiary/aromatic N) is 5. The molecule has 0 saturated carbocycles. The number of hydrogen-bond acceptors (Lipinski definition) is 8. The summed E-state index contributed by atoms with van der Waals surface area (Å²) in [4.78, 5) is 29.9. The number of phenols is 1. The van der Waals surface area contributed by atoms with Gasteiger partial charge in [-0.25, -0.2) is 10.2 Å². The Balaban J connectivity index is 1.69. The molecule has 188 valence electrons. The highest BCUT2D eigenvalue weighted by molar-refractivity contribution is 5.99. The van der Waals surface area contributed by atoms with E-state index in [1.54, 1.807) is 31.2 Å². The number of aliphatic hydroxyl groups excluding tert-OH is 1. The van der Waals surface area contributed by atoms with Crippen LogP contribution in [0.3, 0.4) is 0 Å². The van der Waals surface area contributed by atoms with E-state index < -0.39 is 17.4 Å². The van der Waals surface area contributed by atoms with Crippen LogP contribution < -0.4 is 21.4 Å². The minimum atomic E-state index is -0.994. The van der Waals surface area contributed by atoms with Crippen molar-refractivity contribution in [3.8, 4) is 11.5 Å². The molecule has 4 aromatic rings. The lowest BCUT2D eigenvalue weighted by Crippen LogP contribution is -2.38. The van der Waals surface area contributed by atoms with Gasteiger partial charge in [0, 0.05) is 14.1 Å². The monoisotopic (exact) mass is 492 g/mol. The Labute approximate surface area is 206 Å². The highest BCUT2D eigenvalue weighted by atomic mass is 16.5. The van der Waals surface area contributed by atoms with Crippen molar-refractivity contribution in [2.75, 3.05) is 12.0 Å². The van der Waals surface area contributed by atoms with Gasteiger partial charge >= 0.3 is 5.69 Å². The predicted octanol–water partition coefficient (Wildman–Crippen LogP) is 1.72. The first-order chi connectivity index (χ1) is 17.2. The summed E-state index contributed by atoms with van der Waals surface area (Å²) in [6.45, 7) is 3.62. The Hall–Kier alpha value is -4.38. The molecule has 0 bridgehead atoms. The molecule has 0 fully saturated rings. The number of aromatic nitrogens is 4. The van der Waals surface area contributed by atoms with E-state index in [4.69, 9.17) is 4.74 Å². The third-order valence-corrected chi connectivity index (χ3v) is 5.87. The van der Waals surface area contributed by atoms with Crippen LogP contribution in [0.25, 0.3) is 11.2 Å². The number of hydrogen-bond donors (Lipinski definition) is 3. The van der Waals surface area contributed by atoms with Crippen LogP contribution in [-0.2, 0) is 20.6 Å². The van der Waals surface area contributed by atoms with Crippen LogP contribution in [0.2, 0.25) is 0 Å². The molecule has 2 aromatic carbocycles. The van der Waals surface area contributed by atoms with E-state index in [0.29, 0.717) is 11.5 Å². The Morgan fingerprint density at radius 2 is 1.81 bits per heavy atom. The Morgan fingerprint density at radius 1 is 1.11 bits per heavy atom. The van der Waals surface area contributed by atoms with Gasteiger partial charge in [-0.3, -0.25) is 13.9 Å². The second-order valence-electron chi connectivity index (χ2n) is 8.51. The van der Waals surface area contributed by atoms with Gasteiger partial charge in [0.2, 0.25) is 5.95 Å². The number of anilines is 1. The lowest BCUT2D eigenvalue weighted by atomic mass is 10.1. The van der Waals surface area contributed by atoms with Gasteiger partial charge < -0.3 is 19.5 Å². The summed E-state index contributed by atoms with van der Waals surface area (Å²) >= 11 is 0. The van der Waals surface area contributed by atoms with Gasteiger partial charge in [0.05, 0.1) is 12.3 Å². The molecule has 2 heterocycles. The second kappa shape index (κ2) is 10.1. The molecule has 4 rings (SSSR count). The summed E-state index contributed by atoms with van der Waals surface area (Å²) in [6.07, 6.45) is -0.994. The van der Waals surface area contributed by atoms with Crippen LogP contribution in [0.5, 0.6) is 11.5 Å². The maximum atomic E-state index is 13.0. The van der Waals surface area contributed by atoms with Gasteiger partial charge in [-0.1, -0.05) is 18.2 Å². The summed E-state index contributed by atoms with van der Waals surface area (Å²) in [5, 5.41) is 24.7.